The number of ether oxygens (including phenoxy) is 1. The van der Waals surface area contributed by atoms with Gasteiger partial charge in [0.05, 0.1) is 18.4 Å². The second kappa shape index (κ2) is 7.16. The molecule has 1 aliphatic rings. The van der Waals surface area contributed by atoms with Gasteiger partial charge in [-0.2, -0.15) is 0 Å². The molecule has 1 amide bonds. The van der Waals surface area contributed by atoms with Gasteiger partial charge < -0.3 is 14.7 Å². The average molecular weight is 255 g/mol. The monoisotopic (exact) mass is 255 g/mol. The summed E-state index contributed by atoms with van der Waals surface area (Å²) in [7, 11) is 1.59. The highest BCUT2D eigenvalue weighted by atomic mass is 16.5. The summed E-state index contributed by atoms with van der Waals surface area (Å²) in [5, 5.41) is 9.16. The number of hydrogen-bond donors (Lipinski definition) is 1. The van der Waals surface area contributed by atoms with Crippen LogP contribution in [0.1, 0.15) is 19.8 Å². The summed E-state index contributed by atoms with van der Waals surface area (Å²) in [6.45, 7) is 3.45. The van der Waals surface area contributed by atoms with E-state index in [0.717, 1.165) is 0 Å². The number of carbonyl (C=O) groups excluding carboxylic acids is 1. The molecule has 18 heavy (non-hydrogen) atoms. The van der Waals surface area contributed by atoms with Gasteiger partial charge >= 0.3 is 5.97 Å². The van der Waals surface area contributed by atoms with Crippen molar-refractivity contribution in [3.8, 4) is 0 Å². The van der Waals surface area contributed by atoms with E-state index in [1.54, 1.807) is 12.0 Å². The minimum Gasteiger partial charge on any atom is -0.481 e. The van der Waals surface area contributed by atoms with Gasteiger partial charge in [0, 0.05) is 20.2 Å². The third kappa shape index (κ3) is 3.57. The molecule has 0 radical (unpaired) electrons. The van der Waals surface area contributed by atoms with Crippen LogP contribution in [0.15, 0.2) is 12.2 Å². The van der Waals surface area contributed by atoms with Gasteiger partial charge in [-0.05, 0) is 19.8 Å². The SMILES string of the molecule is CCN(CCOC)C(=O)[C@@H]1CC=CC[C@@H]1C(=O)O. The van der Waals surface area contributed by atoms with Crippen LogP contribution in [0.5, 0.6) is 0 Å². The Morgan fingerprint density at radius 3 is 2.44 bits per heavy atom. The van der Waals surface area contributed by atoms with Gasteiger partial charge in [0.15, 0.2) is 0 Å². The van der Waals surface area contributed by atoms with E-state index in [4.69, 9.17) is 9.84 Å². The number of nitrogens with zero attached hydrogens (tertiary/aromatic N) is 1. The first kappa shape index (κ1) is 14.7. The lowest BCUT2D eigenvalue weighted by Gasteiger charge is -2.30. The Morgan fingerprint density at radius 1 is 1.33 bits per heavy atom. The quantitative estimate of drug-likeness (QED) is 0.723. The Labute approximate surface area is 107 Å². The lowest BCUT2D eigenvalue weighted by atomic mass is 9.82. The van der Waals surface area contributed by atoms with Crippen molar-refractivity contribution in [3.63, 3.8) is 0 Å². The van der Waals surface area contributed by atoms with E-state index in [1.807, 2.05) is 19.1 Å². The van der Waals surface area contributed by atoms with Gasteiger partial charge in [0.25, 0.3) is 0 Å². The standard InChI is InChI=1S/C13H21NO4/c1-3-14(8-9-18-2)12(15)10-6-4-5-7-11(10)13(16)17/h4-5,10-11H,3,6-9H2,1-2H3,(H,16,17)/t10-,11+/m1/s1. The molecule has 2 atom stereocenters. The fourth-order valence-corrected chi connectivity index (χ4v) is 2.22. The fraction of sp³-hybridized carbons (Fsp3) is 0.692. The van der Waals surface area contributed by atoms with Gasteiger partial charge in [0.2, 0.25) is 5.91 Å². The Hall–Kier alpha value is -1.36. The van der Waals surface area contributed by atoms with Crippen molar-refractivity contribution in [2.75, 3.05) is 26.8 Å². The third-order valence-electron chi connectivity index (χ3n) is 3.33. The van der Waals surface area contributed by atoms with Crippen LogP contribution >= 0.6 is 0 Å². The molecule has 0 fully saturated rings. The van der Waals surface area contributed by atoms with Gasteiger partial charge in [-0.3, -0.25) is 9.59 Å². The van der Waals surface area contributed by atoms with Crippen LogP contribution in [0, 0.1) is 11.8 Å². The maximum Gasteiger partial charge on any atom is 0.307 e. The minimum atomic E-state index is -0.888. The topological polar surface area (TPSA) is 66.8 Å². The van der Waals surface area contributed by atoms with Crippen LogP contribution in [-0.2, 0) is 14.3 Å². The molecule has 1 rings (SSSR count). The third-order valence-corrected chi connectivity index (χ3v) is 3.33. The fourth-order valence-electron chi connectivity index (χ4n) is 2.22. The number of likely N-dealkylation sites (N-methyl/N-ethyl adjacent to an activating group) is 1. The normalized spacial score (nSPS) is 22.8. The summed E-state index contributed by atoms with van der Waals surface area (Å²) in [4.78, 5) is 25.2. The summed E-state index contributed by atoms with van der Waals surface area (Å²) < 4.78 is 4.96. The molecule has 0 aromatic carbocycles. The molecule has 0 unspecified atom stereocenters. The number of aliphatic carboxylic acids is 1. The van der Waals surface area contributed by atoms with Crippen molar-refractivity contribution in [2.24, 2.45) is 11.8 Å². The maximum absolute atomic E-state index is 12.3. The van der Waals surface area contributed by atoms with Crippen LogP contribution in [0.25, 0.3) is 0 Å². The lowest BCUT2D eigenvalue weighted by Crippen LogP contribution is -2.43. The van der Waals surface area contributed by atoms with Gasteiger partial charge in [0.1, 0.15) is 0 Å². The van der Waals surface area contributed by atoms with E-state index in [1.165, 1.54) is 0 Å². The highest BCUT2D eigenvalue weighted by Crippen LogP contribution is 2.27. The zero-order chi connectivity index (χ0) is 13.5. The molecule has 102 valence electrons. The summed E-state index contributed by atoms with van der Waals surface area (Å²) in [6.07, 6.45) is 4.69. The predicted octanol–water partition coefficient (Wildman–Crippen LogP) is 1.15. The van der Waals surface area contributed by atoms with E-state index >= 15 is 0 Å². The van der Waals surface area contributed by atoms with E-state index in [-0.39, 0.29) is 5.91 Å². The van der Waals surface area contributed by atoms with Gasteiger partial charge in [-0.15, -0.1) is 0 Å². The molecule has 0 aliphatic heterocycles. The summed E-state index contributed by atoms with van der Waals surface area (Å²) in [6, 6.07) is 0. The summed E-state index contributed by atoms with van der Waals surface area (Å²) in [5.41, 5.74) is 0. The number of amides is 1. The Morgan fingerprint density at radius 2 is 1.94 bits per heavy atom. The molecular weight excluding hydrogens is 234 g/mol. The lowest BCUT2D eigenvalue weighted by molar-refractivity contribution is -0.150. The number of methoxy groups -OCH3 is 1. The maximum atomic E-state index is 12.3. The zero-order valence-corrected chi connectivity index (χ0v) is 11.0. The van der Waals surface area contributed by atoms with Crippen LogP contribution in [0.4, 0.5) is 0 Å². The van der Waals surface area contributed by atoms with Crippen molar-refractivity contribution in [1.82, 2.24) is 4.90 Å². The zero-order valence-electron chi connectivity index (χ0n) is 11.0. The molecule has 5 nitrogen and oxygen atoms in total. The van der Waals surface area contributed by atoms with Crippen LogP contribution in [0.3, 0.4) is 0 Å². The number of hydrogen-bond acceptors (Lipinski definition) is 3. The second-order valence-corrected chi connectivity index (χ2v) is 4.40. The van der Waals surface area contributed by atoms with Gasteiger partial charge in [-0.1, -0.05) is 12.2 Å². The molecule has 0 spiro atoms. The Kier molecular flexibility index (Phi) is 5.85. The molecule has 0 aromatic rings. The highest BCUT2D eigenvalue weighted by Gasteiger charge is 2.35. The van der Waals surface area contributed by atoms with Crippen molar-refractivity contribution < 1.29 is 19.4 Å². The Bertz CT molecular complexity index is 327. The molecular formula is C13H21NO4. The van der Waals surface area contributed by atoms with E-state index < -0.39 is 17.8 Å². The first-order chi connectivity index (χ1) is 8.61. The van der Waals surface area contributed by atoms with Crippen molar-refractivity contribution in [1.29, 1.82) is 0 Å². The first-order valence-corrected chi connectivity index (χ1v) is 6.27. The van der Waals surface area contributed by atoms with E-state index in [9.17, 15) is 9.59 Å². The largest absolute Gasteiger partial charge is 0.481 e. The number of carboxylic acids is 1. The van der Waals surface area contributed by atoms with E-state index in [2.05, 4.69) is 0 Å². The Balaban J connectivity index is 2.72. The predicted molar refractivity (Wildman–Crippen MR) is 67.1 cm³/mol. The minimum absolute atomic E-state index is 0.0775. The summed E-state index contributed by atoms with van der Waals surface area (Å²) in [5.74, 6) is -2.00. The second-order valence-electron chi connectivity index (χ2n) is 4.40. The molecule has 0 saturated heterocycles. The number of rotatable bonds is 6. The first-order valence-electron chi connectivity index (χ1n) is 6.27. The van der Waals surface area contributed by atoms with Crippen molar-refractivity contribution in [3.05, 3.63) is 12.2 Å². The number of carboxylic acid groups (broad SMARTS) is 1. The molecule has 0 heterocycles. The van der Waals surface area contributed by atoms with Crippen LogP contribution < -0.4 is 0 Å². The molecule has 5 heteroatoms. The number of carbonyl (C=O) groups is 2. The van der Waals surface area contributed by atoms with Gasteiger partial charge in [-0.25, -0.2) is 0 Å². The average Bonchev–Trinajstić information content (AvgIpc) is 2.39. The number of allylic oxidation sites excluding steroid dienone is 2. The van der Waals surface area contributed by atoms with E-state index in [0.29, 0.717) is 32.5 Å². The van der Waals surface area contributed by atoms with Crippen molar-refractivity contribution >= 4 is 11.9 Å². The molecule has 0 aromatic heterocycles. The molecule has 0 saturated carbocycles. The molecule has 1 N–H and O–H groups in total. The highest BCUT2D eigenvalue weighted by molar-refractivity contribution is 5.85. The van der Waals surface area contributed by atoms with Crippen LogP contribution in [-0.4, -0.2) is 48.7 Å². The molecule has 1 aliphatic carbocycles. The van der Waals surface area contributed by atoms with Crippen molar-refractivity contribution in [2.45, 2.75) is 19.8 Å². The smallest absolute Gasteiger partial charge is 0.307 e. The van der Waals surface area contributed by atoms with Crippen LogP contribution in [0.2, 0.25) is 0 Å². The summed E-state index contributed by atoms with van der Waals surface area (Å²) >= 11 is 0. The molecule has 0 bridgehead atoms.